The number of imide groups is 2. The summed E-state index contributed by atoms with van der Waals surface area (Å²) in [5, 5.41) is 0. The Balaban J connectivity index is 1.83. The van der Waals surface area contributed by atoms with Crippen molar-refractivity contribution in [1.82, 2.24) is 9.80 Å². The molecule has 0 spiro atoms. The minimum atomic E-state index is -0.875. The normalized spacial score (nSPS) is 24.9. The molecule has 7 heteroatoms. The second-order valence-corrected chi connectivity index (χ2v) is 7.33. The molecule has 2 atom stereocenters. The summed E-state index contributed by atoms with van der Waals surface area (Å²) < 4.78 is 14.6. The van der Waals surface area contributed by atoms with Crippen LogP contribution in [0.2, 0.25) is 0 Å². The first-order chi connectivity index (χ1) is 11.4. The predicted molar refractivity (Wildman–Crippen MR) is 88.3 cm³/mol. The van der Waals surface area contributed by atoms with Crippen LogP contribution in [0.4, 0.5) is 9.18 Å². The maximum atomic E-state index is 14.0. The zero-order chi connectivity index (χ0) is 17.4. The first-order valence-corrected chi connectivity index (χ1v) is 8.82. The second kappa shape index (κ2) is 6.63. The van der Waals surface area contributed by atoms with Crippen molar-refractivity contribution < 1.29 is 18.8 Å². The van der Waals surface area contributed by atoms with Crippen molar-refractivity contribution in [2.75, 3.05) is 0 Å². The van der Waals surface area contributed by atoms with E-state index < -0.39 is 23.7 Å². The van der Waals surface area contributed by atoms with Crippen LogP contribution in [0.3, 0.4) is 0 Å². The number of rotatable bonds is 3. The maximum Gasteiger partial charge on any atom is 0.334 e. The van der Waals surface area contributed by atoms with Crippen LogP contribution in [0.1, 0.15) is 38.2 Å². The smallest absolute Gasteiger partial charge is 0.263 e. The molecule has 128 valence electrons. The van der Waals surface area contributed by atoms with E-state index in [-0.39, 0.29) is 24.1 Å². The van der Waals surface area contributed by atoms with Crippen molar-refractivity contribution in [3.63, 3.8) is 0 Å². The van der Waals surface area contributed by atoms with Gasteiger partial charge in [-0.1, -0.05) is 41.8 Å². The molecule has 2 aliphatic rings. The van der Waals surface area contributed by atoms with Crippen LogP contribution >= 0.6 is 15.9 Å². The van der Waals surface area contributed by atoms with Gasteiger partial charge in [0.05, 0.1) is 6.54 Å². The molecular formula is C17H18BrFN2O3. The number of hydrogen-bond donors (Lipinski definition) is 0. The highest BCUT2D eigenvalue weighted by atomic mass is 79.9. The topological polar surface area (TPSA) is 57.7 Å². The number of urea groups is 1. The van der Waals surface area contributed by atoms with Gasteiger partial charge in [-0.15, -0.1) is 0 Å². The Hall–Kier alpha value is -1.76. The van der Waals surface area contributed by atoms with Crippen molar-refractivity contribution in [2.45, 2.75) is 45.2 Å². The van der Waals surface area contributed by atoms with Gasteiger partial charge < -0.3 is 0 Å². The summed E-state index contributed by atoms with van der Waals surface area (Å²) in [6, 6.07) is 3.51. The Morgan fingerprint density at radius 3 is 2.54 bits per heavy atom. The summed E-state index contributed by atoms with van der Waals surface area (Å²) in [6.07, 6.45) is 3.64. The van der Waals surface area contributed by atoms with E-state index in [1.807, 2.05) is 6.92 Å². The van der Waals surface area contributed by atoms with Crippen molar-refractivity contribution in [2.24, 2.45) is 5.92 Å². The van der Waals surface area contributed by atoms with Crippen LogP contribution in [0, 0.1) is 11.7 Å². The number of amides is 4. The van der Waals surface area contributed by atoms with Gasteiger partial charge in [-0.3, -0.25) is 19.4 Å². The first kappa shape index (κ1) is 17.1. The monoisotopic (exact) mass is 396 g/mol. The van der Waals surface area contributed by atoms with Gasteiger partial charge in [0.25, 0.3) is 0 Å². The SMILES string of the molecule is C[C@@H]1CCCC[C@@H]1N1C(=O)C(=O)N(Cc2ccc(Br)cc2F)C1=O. The van der Waals surface area contributed by atoms with E-state index in [4.69, 9.17) is 0 Å². The van der Waals surface area contributed by atoms with Gasteiger partial charge >= 0.3 is 17.8 Å². The quantitative estimate of drug-likeness (QED) is 0.580. The predicted octanol–water partition coefficient (Wildman–Crippen LogP) is 3.46. The summed E-state index contributed by atoms with van der Waals surface area (Å²) in [6.45, 7) is 1.76. The molecule has 1 aromatic rings. The molecular weight excluding hydrogens is 379 g/mol. The summed E-state index contributed by atoms with van der Waals surface area (Å²) in [5.74, 6) is -2.03. The molecule has 3 rings (SSSR count). The standard InChI is InChI=1S/C17H18BrFN2O3/c1-10-4-2-3-5-14(10)21-16(23)15(22)20(17(21)24)9-11-6-7-12(18)8-13(11)19/h6-8,10,14H,2-5,9H2,1H3/t10-,14+/m1/s1. The van der Waals surface area contributed by atoms with Crippen molar-refractivity contribution in [3.8, 4) is 0 Å². The molecule has 1 aromatic carbocycles. The molecule has 0 aromatic heterocycles. The Bertz CT molecular complexity index is 709. The average molecular weight is 397 g/mol. The average Bonchev–Trinajstić information content (AvgIpc) is 2.74. The fraction of sp³-hybridized carbons (Fsp3) is 0.471. The number of nitrogens with zero attached hydrogens (tertiary/aromatic N) is 2. The number of carbonyl (C=O) groups excluding carboxylic acids is 3. The van der Waals surface area contributed by atoms with E-state index in [0.29, 0.717) is 10.9 Å². The van der Waals surface area contributed by atoms with E-state index in [0.717, 1.165) is 29.1 Å². The van der Waals surface area contributed by atoms with Crippen LogP contribution in [-0.2, 0) is 16.1 Å². The fourth-order valence-electron chi connectivity index (χ4n) is 3.45. The lowest BCUT2D eigenvalue weighted by Gasteiger charge is -2.34. The number of benzene rings is 1. The van der Waals surface area contributed by atoms with Gasteiger partial charge in [0.1, 0.15) is 5.82 Å². The van der Waals surface area contributed by atoms with E-state index in [1.54, 1.807) is 6.07 Å². The highest BCUT2D eigenvalue weighted by molar-refractivity contribution is 9.10. The lowest BCUT2D eigenvalue weighted by Crippen LogP contribution is -2.46. The lowest BCUT2D eigenvalue weighted by atomic mass is 9.85. The third-order valence-corrected chi connectivity index (χ3v) is 5.32. The van der Waals surface area contributed by atoms with Gasteiger partial charge in [-0.2, -0.15) is 0 Å². The van der Waals surface area contributed by atoms with E-state index in [9.17, 15) is 18.8 Å². The Kier molecular flexibility index (Phi) is 4.71. The largest absolute Gasteiger partial charge is 0.334 e. The van der Waals surface area contributed by atoms with Crippen LogP contribution in [-0.4, -0.2) is 33.7 Å². The molecule has 1 aliphatic carbocycles. The number of halogens is 2. The Morgan fingerprint density at radius 1 is 1.17 bits per heavy atom. The molecule has 0 radical (unpaired) electrons. The van der Waals surface area contributed by atoms with Crippen molar-refractivity contribution in [3.05, 3.63) is 34.1 Å². The minimum Gasteiger partial charge on any atom is -0.263 e. The molecule has 1 heterocycles. The van der Waals surface area contributed by atoms with Crippen LogP contribution in [0.5, 0.6) is 0 Å². The molecule has 2 fully saturated rings. The summed E-state index contributed by atoms with van der Waals surface area (Å²) in [4.78, 5) is 39.1. The van der Waals surface area contributed by atoms with Crippen LogP contribution in [0.25, 0.3) is 0 Å². The maximum absolute atomic E-state index is 14.0. The van der Waals surface area contributed by atoms with Crippen LogP contribution in [0.15, 0.2) is 22.7 Å². The van der Waals surface area contributed by atoms with Gasteiger partial charge in [0.2, 0.25) is 0 Å². The van der Waals surface area contributed by atoms with E-state index >= 15 is 0 Å². The minimum absolute atomic E-state index is 0.170. The number of carbonyl (C=O) groups is 3. The van der Waals surface area contributed by atoms with Gasteiger partial charge in [-0.05, 0) is 30.9 Å². The number of hydrogen-bond acceptors (Lipinski definition) is 3. The van der Waals surface area contributed by atoms with E-state index in [1.165, 1.54) is 12.1 Å². The molecule has 0 unspecified atom stereocenters. The molecule has 5 nitrogen and oxygen atoms in total. The van der Waals surface area contributed by atoms with Crippen molar-refractivity contribution >= 4 is 33.8 Å². The van der Waals surface area contributed by atoms with Gasteiger partial charge in [0.15, 0.2) is 0 Å². The van der Waals surface area contributed by atoms with Crippen LogP contribution < -0.4 is 0 Å². The molecule has 0 N–H and O–H groups in total. The molecule has 1 aliphatic heterocycles. The summed E-state index contributed by atoms with van der Waals surface area (Å²) in [5.41, 5.74) is 0.200. The first-order valence-electron chi connectivity index (χ1n) is 8.03. The summed E-state index contributed by atoms with van der Waals surface area (Å²) in [7, 11) is 0. The molecule has 24 heavy (non-hydrogen) atoms. The molecule has 4 amide bonds. The third kappa shape index (κ3) is 2.97. The Labute approximate surface area is 147 Å². The second-order valence-electron chi connectivity index (χ2n) is 6.41. The zero-order valence-electron chi connectivity index (χ0n) is 13.3. The zero-order valence-corrected chi connectivity index (χ0v) is 14.9. The van der Waals surface area contributed by atoms with Gasteiger partial charge in [-0.25, -0.2) is 9.18 Å². The molecule has 1 saturated heterocycles. The third-order valence-electron chi connectivity index (χ3n) is 4.83. The van der Waals surface area contributed by atoms with E-state index in [2.05, 4.69) is 15.9 Å². The Morgan fingerprint density at radius 2 is 1.88 bits per heavy atom. The van der Waals surface area contributed by atoms with Crippen molar-refractivity contribution in [1.29, 1.82) is 0 Å². The highest BCUT2D eigenvalue weighted by Gasteiger charge is 2.49. The molecule has 1 saturated carbocycles. The fourth-order valence-corrected chi connectivity index (χ4v) is 3.79. The summed E-state index contributed by atoms with van der Waals surface area (Å²) >= 11 is 3.16. The highest BCUT2D eigenvalue weighted by Crippen LogP contribution is 2.31. The molecule has 0 bridgehead atoms. The lowest BCUT2D eigenvalue weighted by molar-refractivity contribution is -0.144. The van der Waals surface area contributed by atoms with Gasteiger partial charge in [0, 0.05) is 16.1 Å².